The van der Waals surface area contributed by atoms with Gasteiger partial charge in [0.25, 0.3) is 0 Å². The number of piperazine rings is 1. The van der Waals surface area contributed by atoms with E-state index in [0.29, 0.717) is 25.0 Å². The van der Waals surface area contributed by atoms with Gasteiger partial charge in [-0.2, -0.15) is 0 Å². The molecule has 0 aliphatic carbocycles. The molecule has 40 heavy (non-hydrogen) atoms. The Labute approximate surface area is 241 Å². The number of nitrogens with zero attached hydrogens (tertiary/aromatic N) is 3. The lowest BCUT2D eigenvalue weighted by Crippen LogP contribution is -2.44. The van der Waals surface area contributed by atoms with Crippen LogP contribution in [-0.2, 0) is 4.74 Å². The van der Waals surface area contributed by atoms with Gasteiger partial charge in [0.1, 0.15) is 23.1 Å². The lowest BCUT2D eigenvalue weighted by atomic mass is 9.93. The zero-order valence-corrected chi connectivity index (χ0v) is 24.3. The average Bonchev–Trinajstić information content (AvgIpc) is 2.99. The first-order valence-electron chi connectivity index (χ1n) is 13.8. The Kier molecular flexibility index (Phi) is 9.60. The van der Waals surface area contributed by atoms with Gasteiger partial charge in [-0.05, 0) is 42.4 Å². The van der Waals surface area contributed by atoms with Crippen molar-refractivity contribution in [1.29, 1.82) is 0 Å². The van der Waals surface area contributed by atoms with Gasteiger partial charge < -0.3 is 24.0 Å². The van der Waals surface area contributed by atoms with Crippen molar-refractivity contribution >= 4 is 17.4 Å². The van der Waals surface area contributed by atoms with Gasteiger partial charge in [-0.25, -0.2) is 4.98 Å². The van der Waals surface area contributed by atoms with Crippen LogP contribution < -0.4 is 14.4 Å². The molecule has 6 nitrogen and oxygen atoms in total. The molecular weight excluding hydrogens is 518 g/mol. The fourth-order valence-electron chi connectivity index (χ4n) is 4.76. The molecule has 3 aromatic carbocycles. The summed E-state index contributed by atoms with van der Waals surface area (Å²) < 4.78 is 18.0. The Morgan fingerprint density at radius 1 is 0.825 bits per heavy atom. The Bertz CT molecular complexity index is 1360. The first-order valence-corrected chi connectivity index (χ1v) is 14.6. The molecule has 1 atom stereocenters. The summed E-state index contributed by atoms with van der Waals surface area (Å²) in [5, 5.41) is 0.820. The van der Waals surface area contributed by atoms with E-state index in [-0.39, 0.29) is 0 Å². The van der Waals surface area contributed by atoms with E-state index in [1.54, 1.807) is 18.9 Å². The molecule has 2 heterocycles. The maximum absolute atomic E-state index is 6.51. The fraction of sp³-hybridized carbons (Fsp3) is 0.303. The summed E-state index contributed by atoms with van der Waals surface area (Å²) in [4.78, 5) is 10.8. The number of hydrogen-bond acceptors (Lipinski definition) is 7. The number of benzene rings is 3. The van der Waals surface area contributed by atoms with Crippen molar-refractivity contribution in [2.75, 3.05) is 58.5 Å². The first kappa shape index (κ1) is 28.0. The van der Waals surface area contributed by atoms with Crippen molar-refractivity contribution in [2.24, 2.45) is 0 Å². The van der Waals surface area contributed by atoms with Crippen LogP contribution in [0.1, 0.15) is 24.0 Å². The van der Waals surface area contributed by atoms with Crippen LogP contribution in [0.2, 0.25) is 0 Å². The highest BCUT2D eigenvalue weighted by Gasteiger charge is 2.25. The highest BCUT2D eigenvalue weighted by Crippen LogP contribution is 2.43. The van der Waals surface area contributed by atoms with E-state index < -0.39 is 0 Å². The number of rotatable bonds is 11. The molecule has 1 aliphatic heterocycles. The van der Waals surface area contributed by atoms with Crippen LogP contribution in [0.15, 0.2) is 101 Å². The van der Waals surface area contributed by atoms with E-state index in [4.69, 9.17) is 19.2 Å². The largest absolute Gasteiger partial charge is 0.474 e. The van der Waals surface area contributed by atoms with Gasteiger partial charge in [0.2, 0.25) is 5.88 Å². The second kappa shape index (κ2) is 13.7. The van der Waals surface area contributed by atoms with Crippen LogP contribution in [-0.4, -0.2) is 63.4 Å². The highest BCUT2D eigenvalue weighted by atomic mass is 32.2. The van der Waals surface area contributed by atoms with E-state index in [0.717, 1.165) is 53.3 Å². The monoisotopic (exact) mass is 555 g/mol. The third kappa shape index (κ3) is 7.16. The molecule has 0 N–H and O–H groups in total. The lowest BCUT2D eigenvalue weighted by molar-refractivity contribution is 0.143. The SMILES string of the molecule is COCCOc1nc(Sc2cccc(C(C)c3ccccc3)c2)cc(Oc2ccccc2)c1N1CCN(C)CC1. The van der Waals surface area contributed by atoms with Crippen LogP contribution in [0, 0.1) is 0 Å². The molecule has 1 fully saturated rings. The van der Waals surface area contributed by atoms with Crippen LogP contribution in [0.4, 0.5) is 5.69 Å². The smallest absolute Gasteiger partial charge is 0.242 e. The summed E-state index contributed by atoms with van der Waals surface area (Å²) >= 11 is 1.62. The topological polar surface area (TPSA) is 47.1 Å². The van der Waals surface area contributed by atoms with Crippen LogP contribution in [0.3, 0.4) is 0 Å². The van der Waals surface area contributed by atoms with Crippen LogP contribution >= 0.6 is 11.8 Å². The molecule has 7 heteroatoms. The van der Waals surface area contributed by atoms with Crippen molar-refractivity contribution in [1.82, 2.24) is 9.88 Å². The summed E-state index contributed by atoms with van der Waals surface area (Å²) in [7, 11) is 3.83. The van der Waals surface area contributed by atoms with Gasteiger partial charge in [-0.3, -0.25) is 0 Å². The molecule has 1 aromatic heterocycles. The molecular formula is C33H37N3O3S. The maximum Gasteiger partial charge on any atom is 0.242 e. The predicted octanol–water partition coefficient (Wildman–Crippen LogP) is 6.95. The number of anilines is 1. The summed E-state index contributed by atoms with van der Waals surface area (Å²) in [6.07, 6.45) is 0. The van der Waals surface area contributed by atoms with E-state index in [9.17, 15) is 0 Å². The molecule has 0 bridgehead atoms. The van der Waals surface area contributed by atoms with Gasteiger partial charge in [-0.15, -0.1) is 0 Å². The van der Waals surface area contributed by atoms with Crippen molar-refractivity contribution in [3.05, 3.63) is 102 Å². The van der Waals surface area contributed by atoms with E-state index in [1.807, 2.05) is 36.4 Å². The lowest BCUT2D eigenvalue weighted by Gasteiger charge is -2.35. The first-order chi connectivity index (χ1) is 19.6. The van der Waals surface area contributed by atoms with Gasteiger partial charge >= 0.3 is 0 Å². The van der Waals surface area contributed by atoms with Gasteiger partial charge in [0, 0.05) is 50.2 Å². The molecule has 0 amide bonds. The number of likely N-dealkylation sites (N-methyl/N-ethyl adjacent to an activating group) is 1. The summed E-state index contributed by atoms with van der Waals surface area (Å²) in [6, 6.07) is 31.2. The minimum absolute atomic E-state index is 0.291. The summed E-state index contributed by atoms with van der Waals surface area (Å²) in [5.41, 5.74) is 3.46. The molecule has 1 saturated heterocycles. The molecule has 0 saturated carbocycles. The minimum Gasteiger partial charge on any atom is -0.474 e. The minimum atomic E-state index is 0.291. The zero-order valence-electron chi connectivity index (χ0n) is 23.5. The number of aromatic nitrogens is 1. The predicted molar refractivity (Wildman–Crippen MR) is 162 cm³/mol. The van der Waals surface area contributed by atoms with Crippen LogP contribution in [0.5, 0.6) is 17.4 Å². The Morgan fingerprint density at radius 2 is 1.52 bits per heavy atom. The molecule has 208 valence electrons. The molecule has 1 unspecified atom stereocenters. The maximum atomic E-state index is 6.51. The van der Waals surface area contributed by atoms with E-state index in [1.165, 1.54) is 11.1 Å². The van der Waals surface area contributed by atoms with E-state index in [2.05, 4.69) is 78.4 Å². The second-order valence-corrected chi connectivity index (χ2v) is 11.1. The van der Waals surface area contributed by atoms with Gasteiger partial charge in [0.15, 0.2) is 5.75 Å². The highest BCUT2D eigenvalue weighted by molar-refractivity contribution is 7.99. The van der Waals surface area contributed by atoms with E-state index >= 15 is 0 Å². The standard InChI is InChI=1S/C33H37N3O3S/c1-25(26-11-6-4-7-12-26)27-13-10-16-29(23-27)40-31-24-30(39-28-14-8-5-9-15-28)32(33(34-31)38-22-21-37-3)36-19-17-35(2)18-20-36/h4-16,23-25H,17-22H2,1-3H3. The van der Waals surface area contributed by atoms with Crippen molar-refractivity contribution in [3.8, 4) is 17.4 Å². The summed E-state index contributed by atoms with van der Waals surface area (Å²) in [5.74, 6) is 2.39. The van der Waals surface area contributed by atoms with Crippen LogP contribution in [0.25, 0.3) is 0 Å². The van der Waals surface area contributed by atoms with Gasteiger partial charge in [0.05, 0.1) is 6.61 Å². The number of para-hydroxylation sites is 1. The van der Waals surface area contributed by atoms with Gasteiger partial charge in [-0.1, -0.05) is 79.3 Å². The third-order valence-electron chi connectivity index (χ3n) is 7.10. The normalized spacial score (nSPS) is 14.6. The quantitative estimate of drug-likeness (QED) is 0.186. The number of hydrogen-bond donors (Lipinski definition) is 0. The van der Waals surface area contributed by atoms with Crippen molar-refractivity contribution in [2.45, 2.75) is 22.8 Å². The average molecular weight is 556 g/mol. The fourth-order valence-corrected chi connectivity index (χ4v) is 5.64. The Balaban J connectivity index is 1.50. The molecule has 4 aromatic rings. The Morgan fingerprint density at radius 3 is 2.25 bits per heavy atom. The molecule has 1 aliphatic rings. The number of pyridine rings is 1. The van der Waals surface area contributed by atoms with Crippen molar-refractivity contribution < 1.29 is 14.2 Å². The number of methoxy groups -OCH3 is 1. The summed E-state index contributed by atoms with van der Waals surface area (Å²) in [6.45, 7) is 6.81. The molecule has 0 spiro atoms. The molecule has 0 radical (unpaired) electrons. The Hall–Kier alpha value is -3.52. The zero-order chi connectivity index (χ0) is 27.7. The van der Waals surface area contributed by atoms with Crippen molar-refractivity contribution in [3.63, 3.8) is 0 Å². The number of ether oxygens (including phenoxy) is 3. The molecule has 5 rings (SSSR count). The third-order valence-corrected chi connectivity index (χ3v) is 8.01. The second-order valence-electron chi connectivity index (χ2n) is 9.97.